The SMILES string of the molecule is CCCn1c(CCOCC(F)(F)F)n[nH]c1=S. The largest absolute Gasteiger partial charge is 0.411 e. The molecule has 17 heavy (non-hydrogen) atoms. The van der Waals surface area contributed by atoms with Crippen LogP contribution in [0.2, 0.25) is 0 Å². The normalized spacial score (nSPS) is 12.0. The van der Waals surface area contributed by atoms with Crippen molar-refractivity contribution in [2.24, 2.45) is 0 Å². The van der Waals surface area contributed by atoms with Crippen molar-refractivity contribution in [3.63, 3.8) is 0 Å². The van der Waals surface area contributed by atoms with Crippen LogP contribution in [0.25, 0.3) is 0 Å². The molecule has 0 aromatic carbocycles. The van der Waals surface area contributed by atoms with E-state index in [0.717, 1.165) is 6.42 Å². The number of hydrogen-bond donors (Lipinski definition) is 1. The van der Waals surface area contributed by atoms with Crippen LogP contribution < -0.4 is 0 Å². The van der Waals surface area contributed by atoms with Crippen molar-refractivity contribution in [2.75, 3.05) is 13.2 Å². The predicted octanol–water partition coefficient (Wildman–Crippen LogP) is 2.47. The highest BCUT2D eigenvalue weighted by molar-refractivity contribution is 7.71. The lowest BCUT2D eigenvalue weighted by molar-refractivity contribution is -0.173. The van der Waals surface area contributed by atoms with Gasteiger partial charge in [0.1, 0.15) is 12.4 Å². The number of nitrogens with one attached hydrogen (secondary N) is 1. The van der Waals surface area contributed by atoms with Crippen LogP contribution in [-0.2, 0) is 17.7 Å². The molecule has 1 aromatic rings. The number of alkyl halides is 3. The molecule has 0 atom stereocenters. The number of nitrogens with zero attached hydrogens (tertiary/aromatic N) is 2. The van der Waals surface area contributed by atoms with Gasteiger partial charge in [0, 0.05) is 13.0 Å². The van der Waals surface area contributed by atoms with Crippen LogP contribution in [0.5, 0.6) is 0 Å². The van der Waals surface area contributed by atoms with E-state index in [4.69, 9.17) is 12.2 Å². The molecule has 1 rings (SSSR count). The Labute approximate surface area is 102 Å². The molecule has 0 fully saturated rings. The van der Waals surface area contributed by atoms with Crippen LogP contribution >= 0.6 is 12.2 Å². The number of aromatic amines is 1. The zero-order valence-corrected chi connectivity index (χ0v) is 10.2. The Kier molecular flexibility index (Phi) is 5.13. The van der Waals surface area contributed by atoms with Gasteiger partial charge in [-0.05, 0) is 18.6 Å². The van der Waals surface area contributed by atoms with E-state index >= 15 is 0 Å². The second-order valence-electron chi connectivity index (χ2n) is 3.51. The Hall–Kier alpha value is -0.890. The predicted molar refractivity (Wildman–Crippen MR) is 58.3 cm³/mol. The summed E-state index contributed by atoms with van der Waals surface area (Å²) in [5.41, 5.74) is 0. The molecule has 4 nitrogen and oxygen atoms in total. The number of H-pyrrole nitrogens is 1. The first-order valence-corrected chi connectivity index (χ1v) is 5.63. The number of halogens is 3. The first-order chi connectivity index (χ1) is 7.94. The molecule has 0 bridgehead atoms. The molecule has 0 aliphatic heterocycles. The summed E-state index contributed by atoms with van der Waals surface area (Å²) >= 11 is 5.00. The molecule has 0 saturated carbocycles. The number of hydrogen-bond acceptors (Lipinski definition) is 3. The molecule has 0 aliphatic rings. The molecule has 1 heterocycles. The van der Waals surface area contributed by atoms with Gasteiger partial charge in [-0.15, -0.1) is 0 Å². The summed E-state index contributed by atoms with van der Waals surface area (Å²) < 4.78 is 42.2. The van der Waals surface area contributed by atoms with E-state index in [1.807, 2.05) is 6.92 Å². The number of aromatic nitrogens is 3. The van der Waals surface area contributed by atoms with Gasteiger partial charge in [0.2, 0.25) is 0 Å². The highest BCUT2D eigenvalue weighted by Crippen LogP contribution is 2.14. The second-order valence-corrected chi connectivity index (χ2v) is 3.90. The Morgan fingerprint density at radius 1 is 1.47 bits per heavy atom. The lowest BCUT2D eigenvalue weighted by atomic mass is 10.4. The van der Waals surface area contributed by atoms with E-state index in [2.05, 4.69) is 14.9 Å². The van der Waals surface area contributed by atoms with Crippen LogP contribution in [0, 0.1) is 4.77 Å². The van der Waals surface area contributed by atoms with Crippen LogP contribution in [0.4, 0.5) is 13.2 Å². The Balaban J connectivity index is 2.44. The van der Waals surface area contributed by atoms with E-state index in [-0.39, 0.29) is 6.61 Å². The van der Waals surface area contributed by atoms with E-state index in [9.17, 15) is 13.2 Å². The molecule has 0 amide bonds. The maximum Gasteiger partial charge on any atom is 0.411 e. The maximum absolute atomic E-state index is 11.8. The quantitative estimate of drug-likeness (QED) is 0.637. The minimum atomic E-state index is -4.28. The van der Waals surface area contributed by atoms with Crippen molar-refractivity contribution in [3.05, 3.63) is 10.6 Å². The van der Waals surface area contributed by atoms with Gasteiger partial charge in [-0.3, -0.25) is 5.10 Å². The lowest BCUT2D eigenvalue weighted by Crippen LogP contribution is -2.18. The maximum atomic E-state index is 11.8. The third-order valence-electron chi connectivity index (χ3n) is 2.02. The highest BCUT2D eigenvalue weighted by Gasteiger charge is 2.27. The fourth-order valence-electron chi connectivity index (χ4n) is 1.35. The average molecular weight is 269 g/mol. The Bertz CT molecular complexity index is 399. The molecule has 0 radical (unpaired) electrons. The van der Waals surface area contributed by atoms with Gasteiger partial charge >= 0.3 is 6.18 Å². The van der Waals surface area contributed by atoms with Gasteiger partial charge < -0.3 is 9.30 Å². The first-order valence-electron chi connectivity index (χ1n) is 5.22. The summed E-state index contributed by atoms with van der Waals surface area (Å²) in [4.78, 5) is 0. The molecule has 0 unspecified atom stereocenters. The zero-order chi connectivity index (χ0) is 12.9. The van der Waals surface area contributed by atoms with Crippen molar-refractivity contribution in [1.82, 2.24) is 14.8 Å². The van der Waals surface area contributed by atoms with Crippen molar-refractivity contribution < 1.29 is 17.9 Å². The van der Waals surface area contributed by atoms with Crippen molar-refractivity contribution in [2.45, 2.75) is 32.5 Å². The standard InChI is InChI=1S/C9H14F3N3OS/c1-2-4-15-7(13-14-8(15)17)3-5-16-6-9(10,11)12/h2-6H2,1H3,(H,14,17). The summed E-state index contributed by atoms with van der Waals surface area (Å²) in [5.74, 6) is 0.624. The molecule has 8 heteroatoms. The molecule has 1 N–H and O–H groups in total. The second kappa shape index (κ2) is 6.15. The molecule has 0 saturated heterocycles. The average Bonchev–Trinajstić information content (AvgIpc) is 2.55. The summed E-state index contributed by atoms with van der Waals surface area (Å²) in [5, 5.41) is 6.57. The van der Waals surface area contributed by atoms with Gasteiger partial charge in [-0.1, -0.05) is 6.92 Å². The van der Waals surface area contributed by atoms with Gasteiger partial charge in [0.05, 0.1) is 6.61 Å². The van der Waals surface area contributed by atoms with E-state index < -0.39 is 12.8 Å². The third-order valence-corrected chi connectivity index (χ3v) is 2.33. The zero-order valence-electron chi connectivity index (χ0n) is 9.38. The fraction of sp³-hybridized carbons (Fsp3) is 0.778. The van der Waals surface area contributed by atoms with Crippen molar-refractivity contribution in [1.29, 1.82) is 0 Å². The summed E-state index contributed by atoms with van der Waals surface area (Å²) in [6.07, 6.45) is -3.10. The van der Waals surface area contributed by atoms with Gasteiger partial charge in [0.15, 0.2) is 4.77 Å². The molecule has 0 aliphatic carbocycles. The van der Waals surface area contributed by atoms with E-state index in [1.165, 1.54) is 0 Å². The number of rotatable bonds is 6. The molecular weight excluding hydrogens is 255 g/mol. The summed E-state index contributed by atoms with van der Waals surface area (Å²) in [7, 11) is 0. The fourth-order valence-corrected chi connectivity index (χ4v) is 1.59. The van der Waals surface area contributed by atoms with Gasteiger partial charge in [-0.2, -0.15) is 18.3 Å². The topological polar surface area (TPSA) is 42.8 Å². The Morgan fingerprint density at radius 2 is 2.18 bits per heavy atom. The molecule has 98 valence electrons. The molecule has 1 aromatic heterocycles. The minimum absolute atomic E-state index is 0.0249. The van der Waals surface area contributed by atoms with Gasteiger partial charge in [0.25, 0.3) is 0 Å². The van der Waals surface area contributed by atoms with Crippen LogP contribution in [-0.4, -0.2) is 34.2 Å². The summed E-state index contributed by atoms with van der Waals surface area (Å²) in [6.45, 7) is 1.43. The highest BCUT2D eigenvalue weighted by atomic mass is 32.1. The van der Waals surface area contributed by atoms with Crippen LogP contribution in [0.1, 0.15) is 19.2 Å². The smallest absolute Gasteiger partial charge is 0.372 e. The van der Waals surface area contributed by atoms with Crippen molar-refractivity contribution >= 4 is 12.2 Å². The Morgan fingerprint density at radius 3 is 2.76 bits per heavy atom. The molecular formula is C9H14F3N3OS. The third kappa shape index (κ3) is 4.86. The first kappa shape index (κ1) is 14.2. The number of ether oxygens (including phenoxy) is 1. The lowest BCUT2D eigenvalue weighted by Gasteiger charge is -2.08. The minimum Gasteiger partial charge on any atom is -0.372 e. The van der Waals surface area contributed by atoms with Crippen LogP contribution in [0.15, 0.2) is 0 Å². The van der Waals surface area contributed by atoms with E-state index in [0.29, 0.717) is 23.6 Å². The monoisotopic (exact) mass is 269 g/mol. The summed E-state index contributed by atoms with van der Waals surface area (Å²) in [6, 6.07) is 0. The van der Waals surface area contributed by atoms with E-state index in [1.54, 1.807) is 4.57 Å². The molecule has 0 spiro atoms. The van der Waals surface area contributed by atoms with Gasteiger partial charge in [-0.25, -0.2) is 0 Å². The van der Waals surface area contributed by atoms with Crippen LogP contribution in [0.3, 0.4) is 0 Å². The van der Waals surface area contributed by atoms with Crippen molar-refractivity contribution in [3.8, 4) is 0 Å².